The Balaban J connectivity index is 1.90. The Morgan fingerprint density at radius 3 is 2.87 bits per heavy atom. The molecule has 0 unspecified atom stereocenters. The van der Waals surface area contributed by atoms with Crippen LogP contribution in [0.4, 0.5) is 0 Å². The smallest absolute Gasteiger partial charge is 0.157 e. The van der Waals surface area contributed by atoms with Crippen LogP contribution in [0.5, 0.6) is 0 Å². The SMILES string of the molecule is CC(C)CN=C1NC2(CCOCC2)CS1. The lowest BCUT2D eigenvalue weighted by Crippen LogP contribution is -2.48. The molecule has 0 aromatic heterocycles. The summed E-state index contributed by atoms with van der Waals surface area (Å²) in [6, 6.07) is 0. The number of thioether (sulfide) groups is 1. The Morgan fingerprint density at radius 1 is 1.47 bits per heavy atom. The van der Waals surface area contributed by atoms with Gasteiger partial charge in [-0.3, -0.25) is 4.99 Å². The predicted molar refractivity (Wildman–Crippen MR) is 65.5 cm³/mol. The van der Waals surface area contributed by atoms with Gasteiger partial charge in [-0.1, -0.05) is 25.6 Å². The highest BCUT2D eigenvalue weighted by atomic mass is 32.2. The van der Waals surface area contributed by atoms with Gasteiger partial charge in [0.15, 0.2) is 5.17 Å². The molecule has 0 aromatic carbocycles. The van der Waals surface area contributed by atoms with Crippen molar-refractivity contribution in [1.82, 2.24) is 5.32 Å². The van der Waals surface area contributed by atoms with Crippen molar-refractivity contribution in [2.45, 2.75) is 32.2 Å². The fraction of sp³-hybridized carbons (Fsp3) is 0.909. The van der Waals surface area contributed by atoms with E-state index in [1.165, 1.54) is 0 Å². The van der Waals surface area contributed by atoms with Gasteiger partial charge in [0, 0.05) is 25.5 Å². The second-order valence-corrected chi connectivity index (χ2v) is 5.81. The van der Waals surface area contributed by atoms with E-state index >= 15 is 0 Å². The molecule has 2 heterocycles. The van der Waals surface area contributed by atoms with Crippen LogP contribution in [0.15, 0.2) is 4.99 Å². The Hall–Kier alpha value is -0.220. The van der Waals surface area contributed by atoms with Crippen LogP contribution >= 0.6 is 11.8 Å². The van der Waals surface area contributed by atoms with Crippen LogP contribution < -0.4 is 5.32 Å². The Kier molecular flexibility index (Phi) is 3.57. The maximum Gasteiger partial charge on any atom is 0.157 e. The molecule has 1 N–H and O–H groups in total. The molecule has 3 nitrogen and oxygen atoms in total. The lowest BCUT2D eigenvalue weighted by atomic mass is 9.93. The standard InChI is InChI=1S/C11H20N2OS/c1-9(2)7-12-10-13-11(8-15-10)3-5-14-6-4-11/h9H,3-8H2,1-2H3,(H,12,13). The molecule has 0 aromatic rings. The normalized spacial score (nSPS) is 27.5. The van der Waals surface area contributed by atoms with E-state index in [1.54, 1.807) is 0 Å². The Labute approximate surface area is 96.1 Å². The van der Waals surface area contributed by atoms with Crippen molar-refractivity contribution in [3.8, 4) is 0 Å². The molecule has 0 bridgehead atoms. The van der Waals surface area contributed by atoms with E-state index < -0.39 is 0 Å². The van der Waals surface area contributed by atoms with Gasteiger partial charge in [0.05, 0.1) is 5.54 Å². The number of nitrogens with one attached hydrogen (secondary N) is 1. The molecule has 0 amide bonds. The van der Waals surface area contributed by atoms with Crippen LogP contribution in [-0.4, -0.2) is 36.2 Å². The fourth-order valence-electron chi connectivity index (χ4n) is 1.89. The number of nitrogens with zero attached hydrogens (tertiary/aromatic N) is 1. The zero-order chi connectivity index (χ0) is 10.7. The highest BCUT2D eigenvalue weighted by Crippen LogP contribution is 2.31. The summed E-state index contributed by atoms with van der Waals surface area (Å²) in [7, 11) is 0. The number of ether oxygens (including phenoxy) is 1. The van der Waals surface area contributed by atoms with Crippen molar-refractivity contribution in [2.75, 3.05) is 25.5 Å². The lowest BCUT2D eigenvalue weighted by Gasteiger charge is -2.32. The van der Waals surface area contributed by atoms with Gasteiger partial charge in [0.25, 0.3) is 0 Å². The number of amidine groups is 1. The second kappa shape index (κ2) is 4.74. The van der Waals surface area contributed by atoms with E-state index in [9.17, 15) is 0 Å². The molecule has 0 radical (unpaired) electrons. The van der Waals surface area contributed by atoms with E-state index in [4.69, 9.17) is 4.74 Å². The molecule has 1 spiro atoms. The summed E-state index contributed by atoms with van der Waals surface area (Å²) < 4.78 is 5.40. The Bertz CT molecular complexity index is 247. The number of hydrogen-bond acceptors (Lipinski definition) is 3. The van der Waals surface area contributed by atoms with Crippen molar-refractivity contribution in [2.24, 2.45) is 10.9 Å². The molecule has 0 atom stereocenters. The van der Waals surface area contributed by atoms with Gasteiger partial charge < -0.3 is 10.1 Å². The largest absolute Gasteiger partial charge is 0.381 e. The molecule has 0 saturated carbocycles. The number of aliphatic imine (C=N–C) groups is 1. The molecule has 0 aliphatic carbocycles. The topological polar surface area (TPSA) is 33.6 Å². The summed E-state index contributed by atoms with van der Waals surface area (Å²) in [4.78, 5) is 4.60. The van der Waals surface area contributed by atoms with Crippen molar-refractivity contribution >= 4 is 16.9 Å². The highest BCUT2D eigenvalue weighted by Gasteiger charge is 2.38. The van der Waals surface area contributed by atoms with Crippen LogP contribution in [0.2, 0.25) is 0 Å². The van der Waals surface area contributed by atoms with Crippen molar-refractivity contribution in [3.05, 3.63) is 0 Å². The third-order valence-corrected chi connectivity index (χ3v) is 4.11. The van der Waals surface area contributed by atoms with Crippen LogP contribution in [0, 0.1) is 5.92 Å². The first kappa shape index (κ1) is 11.3. The number of hydrogen-bond donors (Lipinski definition) is 1. The van der Waals surface area contributed by atoms with E-state index in [-0.39, 0.29) is 0 Å². The first-order valence-electron chi connectivity index (χ1n) is 5.73. The quantitative estimate of drug-likeness (QED) is 0.783. The lowest BCUT2D eigenvalue weighted by molar-refractivity contribution is 0.0555. The van der Waals surface area contributed by atoms with E-state index in [0.717, 1.165) is 43.5 Å². The molecular weight excluding hydrogens is 208 g/mol. The Morgan fingerprint density at radius 2 is 2.20 bits per heavy atom. The van der Waals surface area contributed by atoms with Gasteiger partial charge in [-0.25, -0.2) is 0 Å². The molecule has 2 aliphatic heterocycles. The molecule has 2 aliphatic rings. The third kappa shape index (κ3) is 2.88. The highest BCUT2D eigenvalue weighted by molar-refractivity contribution is 8.14. The maximum atomic E-state index is 5.40. The van der Waals surface area contributed by atoms with Gasteiger partial charge in [-0.05, 0) is 18.8 Å². The van der Waals surface area contributed by atoms with Gasteiger partial charge in [0.1, 0.15) is 0 Å². The molecule has 2 saturated heterocycles. The first-order chi connectivity index (χ1) is 7.20. The number of rotatable bonds is 2. The summed E-state index contributed by atoms with van der Waals surface area (Å²) in [5.74, 6) is 1.80. The van der Waals surface area contributed by atoms with Gasteiger partial charge in [0.2, 0.25) is 0 Å². The molecule has 2 rings (SSSR count). The summed E-state index contributed by atoms with van der Waals surface area (Å²) >= 11 is 1.87. The van der Waals surface area contributed by atoms with Gasteiger partial charge in [-0.2, -0.15) is 0 Å². The van der Waals surface area contributed by atoms with E-state index in [1.807, 2.05) is 11.8 Å². The van der Waals surface area contributed by atoms with Crippen molar-refractivity contribution in [3.63, 3.8) is 0 Å². The maximum absolute atomic E-state index is 5.40. The van der Waals surface area contributed by atoms with E-state index in [0.29, 0.717) is 11.5 Å². The first-order valence-corrected chi connectivity index (χ1v) is 6.72. The van der Waals surface area contributed by atoms with Crippen molar-refractivity contribution < 1.29 is 4.74 Å². The minimum Gasteiger partial charge on any atom is -0.381 e. The summed E-state index contributed by atoms with van der Waals surface area (Å²) in [5.41, 5.74) is 0.290. The second-order valence-electron chi connectivity index (χ2n) is 4.85. The van der Waals surface area contributed by atoms with Crippen LogP contribution in [0.3, 0.4) is 0 Å². The predicted octanol–water partition coefficient (Wildman–Crippen LogP) is 1.88. The average Bonchev–Trinajstić information content (AvgIpc) is 2.60. The van der Waals surface area contributed by atoms with Crippen LogP contribution in [0.25, 0.3) is 0 Å². The average molecular weight is 228 g/mol. The van der Waals surface area contributed by atoms with Gasteiger partial charge >= 0.3 is 0 Å². The van der Waals surface area contributed by atoms with Crippen molar-refractivity contribution in [1.29, 1.82) is 0 Å². The zero-order valence-electron chi connectivity index (χ0n) is 9.58. The zero-order valence-corrected chi connectivity index (χ0v) is 10.4. The van der Waals surface area contributed by atoms with Gasteiger partial charge in [-0.15, -0.1) is 0 Å². The molecule has 2 fully saturated rings. The molecule has 15 heavy (non-hydrogen) atoms. The van der Waals surface area contributed by atoms with Crippen LogP contribution in [-0.2, 0) is 4.74 Å². The summed E-state index contributed by atoms with van der Waals surface area (Å²) in [6.45, 7) is 7.12. The van der Waals surface area contributed by atoms with Crippen LogP contribution in [0.1, 0.15) is 26.7 Å². The molecule has 4 heteroatoms. The minimum absolute atomic E-state index is 0.290. The molecule has 86 valence electrons. The third-order valence-electron chi connectivity index (χ3n) is 2.91. The summed E-state index contributed by atoms with van der Waals surface area (Å²) in [6.07, 6.45) is 2.25. The molecular formula is C11H20N2OS. The fourth-order valence-corrected chi connectivity index (χ4v) is 3.12. The minimum atomic E-state index is 0.290. The van der Waals surface area contributed by atoms with E-state index in [2.05, 4.69) is 24.2 Å². The summed E-state index contributed by atoms with van der Waals surface area (Å²) in [5, 5.41) is 4.74. The monoisotopic (exact) mass is 228 g/mol.